The average molecular weight is 251 g/mol. The largest absolute Gasteiger partial charge is 0.356 e. The average Bonchev–Trinajstić information content (AvgIpc) is 2.11. The lowest BCUT2D eigenvalue weighted by molar-refractivity contribution is -0.123. The highest BCUT2D eigenvalue weighted by Crippen LogP contribution is 1.99. The number of carbonyl (C=O) groups is 2. The number of hydrogen-bond acceptors (Lipinski definition) is 4. The standard InChI is InChI=1S/C9H17NO5S/c1-7(2)5-6-10-8(11)3-4-9(12)16(13,14)15/h7H,3-6H2,1-2H3,(H,10,11)(H,13,14,15). The van der Waals surface area contributed by atoms with E-state index in [-0.39, 0.29) is 6.42 Å². The second kappa shape index (κ2) is 6.59. The number of carbonyl (C=O) groups excluding carboxylic acids is 2. The van der Waals surface area contributed by atoms with Crippen LogP contribution in [0.2, 0.25) is 0 Å². The Hall–Kier alpha value is -0.950. The van der Waals surface area contributed by atoms with E-state index < -0.39 is 27.6 Å². The molecule has 0 heterocycles. The predicted octanol–water partition coefficient (Wildman–Crippen LogP) is 0.343. The van der Waals surface area contributed by atoms with Gasteiger partial charge in [-0.2, -0.15) is 8.42 Å². The Morgan fingerprint density at radius 1 is 1.25 bits per heavy atom. The zero-order chi connectivity index (χ0) is 12.8. The van der Waals surface area contributed by atoms with E-state index in [1.165, 1.54) is 0 Å². The van der Waals surface area contributed by atoms with E-state index in [1.807, 2.05) is 13.8 Å². The molecule has 0 aromatic carbocycles. The van der Waals surface area contributed by atoms with Gasteiger partial charge in [0, 0.05) is 19.4 Å². The molecule has 0 rings (SSSR count). The first-order valence-electron chi connectivity index (χ1n) is 5.00. The number of hydrogen-bond donors (Lipinski definition) is 2. The maximum atomic E-state index is 11.1. The minimum absolute atomic E-state index is 0.225. The summed E-state index contributed by atoms with van der Waals surface area (Å²) in [5.74, 6) is 0.0670. The molecule has 0 saturated carbocycles. The molecule has 0 fully saturated rings. The molecule has 0 bridgehead atoms. The lowest BCUT2D eigenvalue weighted by Crippen LogP contribution is -2.26. The molecule has 1 amide bonds. The zero-order valence-electron chi connectivity index (χ0n) is 9.39. The fraction of sp³-hybridized carbons (Fsp3) is 0.778. The molecule has 0 aromatic rings. The van der Waals surface area contributed by atoms with Crippen molar-refractivity contribution in [3.05, 3.63) is 0 Å². The van der Waals surface area contributed by atoms with Crippen LogP contribution in [0, 0.1) is 5.92 Å². The number of amides is 1. The van der Waals surface area contributed by atoms with Crippen molar-refractivity contribution in [3.8, 4) is 0 Å². The molecule has 7 heteroatoms. The van der Waals surface area contributed by atoms with Crippen molar-refractivity contribution in [2.24, 2.45) is 5.92 Å². The van der Waals surface area contributed by atoms with Crippen LogP contribution in [0.1, 0.15) is 33.1 Å². The monoisotopic (exact) mass is 251 g/mol. The second-order valence-corrected chi connectivity index (χ2v) is 5.29. The Bertz CT molecular complexity index is 347. The van der Waals surface area contributed by atoms with Gasteiger partial charge in [-0.25, -0.2) is 0 Å². The van der Waals surface area contributed by atoms with Crippen molar-refractivity contribution in [1.29, 1.82) is 0 Å². The summed E-state index contributed by atoms with van der Waals surface area (Å²) in [5.41, 5.74) is 0. The summed E-state index contributed by atoms with van der Waals surface area (Å²) in [7, 11) is -4.65. The minimum Gasteiger partial charge on any atom is -0.356 e. The highest BCUT2D eigenvalue weighted by molar-refractivity contribution is 8.01. The van der Waals surface area contributed by atoms with Gasteiger partial charge < -0.3 is 5.32 Å². The lowest BCUT2D eigenvalue weighted by atomic mass is 10.1. The van der Waals surface area contributed by atoms with Gasteiger partial charge in [-0.15, -0.1) is 0 Å². The summed E-state index contributed by atoms with van der Waals surface area (Å²) in [5, 5.41) is 1.23. The van der Waals surface area contributed by atoms with Crippen LogP contribution in [-0.2, 0) is 19.7 Å². The third-order valence-electron chi connectivity index (χ3n) is 1.89. The van der Waals surface area contributed by atoms with Gasteiger partial charge in [0.15, 0.2) is 0 Å². The van der Waals surface area contributed by atoms with Crippen molar-refractivity contribution in [3.63, 3.8) is 0 Å². The van der Waals surface area contributed by atoms with Crippen LogP contribution < -0.4 is 5.32 Å². The normalized spacial score (nSPS) is 11.5. The second-order valence-electron chi connectivity index (χ2n) is 3.88. The Balaban J connectivity index is 3.79. The molecule has 2 N–H and O–H groups in total. The predicted molar refractivity (Wildman–Crippen MR) is 58.3 cm³/mol. The quantitative estimate of drug-likeness (QED) is 0.663. The third kappa shape index (κ3) is 7.36. The van der Waals surface area contributed by atoms with Gasteiger partial charge in [-0.05, 0) is 12.3 Å². The SMILES string of the molecule is CC(C)CCNC(=O)CCC(=O)S(=O)(=O)O. The van der Waals surface area contributed by atoms with Crippen molar-refractivity contribution >= 4 is 21.1 Å². The summed E-state index contributed by atoms with van der Waals surface area (Å²) in [6.45, 7) is 4.51. The molecular formula is C9H17NO5S. The summed E-state index contributed by atoms with van der Waals surface area (Å²) in [4.78, 5) is 21.8. The van der Waals surface area contributed by atoms with Crippen molar-refractivity contribution in [2.45, 2.75) is 33.1 Å². The van der Waals surface area contributed by atoms with E-state index in [9.17, 15) is 18.0 Å². The van der Waals surface area contributed by atoms with Crippen LogP contribution >= 0.6 is 0 Å². The topological polar surface area (TPSA) is 101 Å². The number of nitrogens with one attached hydrogen (secondary N) is 1. The van der Waals surface area contributed by atoms with Crippen molar-refractivity contribution in [2.75, 3.05) is 6.54 Å². The molecule has 0 saturated heterocycles. The first-order valence-corrected chi connectivity index (χ1v) is 6.44. The summed E-state index contributed by atoms with van der Waals surface area (Å²) in [6, 6.07) is 0. The molecule has 0 aromatic heterocycles. The third-order valence-corrected chi connectivity index (χ3v) is 2.67. The van der Waals surface area contributed by atoms with Gasteiger partial charge in [-0.3, -0.25) is 14.1 Å². The summed E-state index contributed by atoms with van der Waals surface area (Å²) >= 11 is 0. The fourth-order valence-electron chi connectivity index (χ4n) is 0.933. The maximum absolute atomic E-state index is 11.1. The lowest BCUT2D eigenvalue weighted by Gasteiger charge is -2.06. The molecule has 6 nitrogen and oxygen atoms in total. The highest BCUT2D eigenvalue weighted by Gasteiger charge is 2.18. The smallest absolute Gasteiger partial charge is 0.328 e. The van der Waals surface area contributed by atoms with E-state index in [2.05, 4.69) is 5.32 Å². The van der Waals surface area contributed by atoms with Crippen molar-refractivity contribution < 1.29 is 22.6 Å². The molecule has 0 aliphatic carbocycles. The van der Waals surface area contributed by atoms with E-state index in [1.54, 1.807) is 0 Å². The van der Waals surface area contributed by atoms with Crippen LogP contribution in [-0.4, -0.2) is 30.5 Å². The number of rotatable bonds is 6. The molecule has 0 radical (unpaired) electrons. The van der Waals surface area contributed by atoms with Crippen LogP contribution in [0.25, 0.3) is 0 Å². The van der Waals surface area contributed by atoms with Crippen LogP contribution in [0.3, 0.4) is 0 Å². The Morgan fingerprint density at radius 3 is 2.25 bits per heavy atom. The van der Waals surface area contributed by atoms with Crippen molar-refractivity contribution in [1.82, 2.24) is 5.32 Å². The summed E-state index contributed by atoms with van der Waals surface area (Å²) < 4.78 is 29.0. The molecule has 16 heavy (non-hydrogen) atoms. The summed E-state index contributed by atoms with van der Waals surface area (Å²) in [6.07, 6.45) is 0.0983. The molecule has 0 unspecified atom stereocenters. The van der Waals surface area contributed by atoms with E-state index in [0.717, 1.165) is 6.42 Å². The van der Waals surface area contributed by atoms with E-state index in [0.29, 0.717) is 12.5 Å². The first kappa shape index (κ1) is 15.0. The molecule has 0 aliphatic heterocycles. The highest BCUT2D eigenvalue weighted by atomic mass is 32.2. The maximum Gasteiger partial charge on any atom is 0.328 e. The molecular weight excluding hydrogens is 234 g/mol. The van der Waals surface area contributed by atoms with Gasteiger partial charge in [0.25, 0.3) is 5.12 Å². The van der Waals surface area contributed by atoms with Crippen LogP contribution in [0.4, 0.5) is 0 Å². The van der Waals surface area contributed by atoms with Gasteiger partial charge in [-0.1, -0.05) is 13.8 Å². The Labute approximate surface area is 95.2 Å². The molecule has 94 valence electrons. The van der Waals surface area contributed by atoms with Gasteiger partial charge >= 0.3 is 10.1 Å². The van der Waals surface area contributed by atoms with E-state index >= 15 is 0 Å². The van der Waals surface area contributed by atoms with Gasteiger partial charge in [0.1, 0.15) is 0 Å². The zero-order valence-corrected chi connectivity index (χ0v) is 10.2. The van der Waals surface area contributed by atoms with Crippen LogP contribution in [0.5, 0.6) is 0 Å². The Morgan fingerprint density at radius 2 is 1.81 bits per heavy atom. The van der Waals surface area contributed by atoms with E-state index in [4.69, 9.17) is 4.55 Å². The molecule has 0 aliphatic rings. The molecule has 0 spiro atoms. The minimum atomic E-state index is -4.65. The molecule has 0 atom stereocenters. The fourth-order valence-corrected chi connectivity index (χ4v) is 1.29. The first-order chi connectivity index (χ1) is 7.23. The van der Waals surface area contributed by atoms with Gasteiger partial charge in [0.2, 0.25) is 5.91 Å². The Kier molecular flexibility index (Phi) is 6.20. The van der Waals surface area contributed by atoms with Crippen LogP contribution in [0.15, 0.2) is 0 Å². The van der Waals surface area contributed by atoms with Gasteiger partial charge in [0.05, 0.1) is 0 Å².